The van der Waals surface area contributed by atoms with Crippen LogP contribution in [0, 0.1) is 0 Å². The van der Waals surface area contributed by atoms with Crippen LogP contribution < -0.4 is 5.32 Å². The number of pyridine rings is 2. The van der Waals surface area contributed by atoms with Crippen molar-refractivity contribution in [2.75, 3.05) is 6.54 Å². The van der Waals surface area contributed by atoms with Crippen LogP contribution >= 0.6 is 11.6 Å². The average Bonchev–Trinajstić information content (AvgIpc) is 2.53. The van der Waals surface area contributed by atoms with Gasteiger partial charge in [0.2, 0.25) is 0 Å². The van der Waals surface area contributed by atoms with Crippen LogP contribution in [-0.2, 0) is 13.0 Å². The predicted octanol–water partition coefficient (Wildman–Crippen LogP) is 3.62. The summed E-state index contributed by atoms with van der Waals surface area (Å²) in [5, 5.41) is 5.31. The Balaban J connectivity index is 1.61. The summed E-state index contributed by atoms with van der Waals surface area (Å²) in [5.41, 5.74) is 3.42. The topological polar surface area (TPSA) is 37.8 Å². The Labute approximate surface area is 129 Å². The molecule has 0 spiro atoms. The number of aromatic nitrogens is 2. The Bertz CT molecular complexity index is 737. The van der Waals surface area contributed by atoms with Crippen LogP contribution in [-0.4, -0.2) is 16.5 Å². The molecule has 0 aliphatic heterocycles. The molecular formula is C17H16ClN3. The molecule has 4 heteroatoms. The lowest BCUT2D eigenvalue weighted by Crippen LogP contribution is -2.17. The maximum absolute atomic E-state index is 6.09. The van der Waals surface area contributed by atoms with E-state index in [0.29, 0.717) is 5.02 Å². The van der Waals surface area contributed by atoms with E-state index in [-0.39, 0.29) is 0 Å². The second kappa shape index (κ2) is 6.66. The molecule has 0 atom stereocenters. The fraction of sp³-hybridized carbons (Fsp3) is 0.176. The van der Waals surface area contributed by atoms with Crippen molar-refractivity contribution in [2.45, 2.75) is 13.0 Å². The van der Waals surface area contributed by atoms with Crippen molar-refractivity contribution in [3.63, 3.8) is 0 Å². The molecule has 0 unspecified atom stereocenters. The molecule has 0 saturated heterocycles. The quantitative estimate of drug-likeness (QED) is 0.731. The molecule has 0 amide bonds. The van der Waals surface area contributed by atoms with Gasteiger partial charge in [-0.05, 0) is 36.2 Å². The molecule has 0 saturated carbocycles. The molecule has 21 heavy (non-hydrogen) atoms. The number of nitrogens with one attached hydrogen (secondary N) is 1. The molecule has 3 aromatic rings. The molecule has 106 valence electrons. The van der Waals surface area contributed by atoms with Gasteiger partial charge in [-0.2, -0.15) is 0 Å². The normalized spacial score (nSPS) is 10.9. The first-order valence-corrected chi connectivity index (χ1v) is 7.34. The zero-order chi connectivity index (χ0) is 14.5. The lowest BCUT2D eigenvalue weighted by Gasteiger charge is -2.08. The summed E-state index contributed by atoms with van der Waals surface area (Å²) in [6.07, 6.45) is 6.22. The van der Waals surface area contributed by atoms with E-state index in [1.54, 1.807) is 12.4 Å². The smallest absolute Gasteiger partial charge is 0.0734 e. The standard InChI is InChI=1S/C17H16ClN3/c18-16-12-20-10-7-15(16)11-19-9-6-14-4-1-3-13-5-2-8-21-17(13)14/h1-5,7-8,10,12,19H,6,9,11H2. The molecule has 2 aromatic heterocycles. The Hall–Kier alpha value is -1.97. The number of nitrogens with zero attached hydrogens (tertiary/aromatic N) is 2. The van der Waals surface area contributed by atoms with Gasteiger partial charge in [0.1, 0.15) is 0 Å². The third-order valence-corrected chi connectivity index (χ3v) is 3.80. The maximum atomic E-state index is 6.09. The maximum Gasteiger partial charge on any atom is 0.0734 e. The summed E-state index contributed by atoms with van der Waals surface area (Å²) in [4.78, 5) is 8.46. The largest absolute Gasteiger partial charge is 0.312 e. The van der Waals surface area contributed by atoms with E-state index in [4.69, 9.17) is 11.6 Å². The first-order valence-electron chi connectivity index (χ1n) is 6.96. The second-order valence-electron chi connectivity index (χ2n) is 4.89. The van der Waals surface area contributed by atoms with Gasteiger partial charge in [0.25, 0.3) is 0 Å². The molecule has 0 radical (unpaired) electrons. The third-order valence-electron chi connectivity index (χ3n) is 3.46. The molecule has 3 nitrogen and oxygen atoms in total. The average molecular weight is 298 g/mol. The number of hydrogen-bond donors (Lipinski definition) is 1. The van der Waals surface area contributed by atoms with E-state index >= 15 is 0 Å². The summed E-state index contributed by atoms with van der Waals surface area (Å²) in [6, 6.07) is 12.3. The zero-order valence-electron chi connectivity index (χ0n) is 11.6. The van der Waals surface area contributed by atoms with Gasteiger partial charge >= 0.3 is 0 Å². The van der Waals surface area contributed by atoms with Gasteiger partial charge in [0, 0.05) is 30.5 Å². The van der Waals surface area contributed by atoms with Crippen molar-refractivity contribution < 1.29 is 0 Å². The van der Waals surface area contributed by atoms with Crippen LogP contribution in [0.15, 0.2) is 55.0 Å². The SMILES string of the molecule is Clc1cnccc1CNCCc1cccc2cccnc12. The van der Waals surface area contributed by atoms with E-state index in [1.807, 2.05) is 18.3 Å². The van der Waals surface area contributed by atoms with E-state index in [1.165, 1.54) is 10.9 Å². The van der Waals surface area contributed by atoms with Crippen LogP contribution in [0.5, 0.6) is 0 Å². The van der Waals surface area contributed by atoms with Crippen molar-refractivity contribution >= 4 is 22.5 Å². The minimum Gasteiger partial charge on any atom is -0.312 e. The van der Waals surface area contributed by atoms with Gasteiger partial charge in [-0.15, -0.1) is 0 Å². The first kappa shape index (κ1) is 14.0. The van der Waals surface area contributed by atoms with Crippen LogP contribution in [0.1, 0.15) is 11.1 Å². The molecule has 1 aromatic carbocycles. The van der Waals surface area contributed by atoms with Crippen LogP contribution in [0.2, 0.25) is 5.02 Å². The fourth-order valence-electron chi connectivity index (χ4n) is 2.36. The van der Waals surface area contributed by atoms with Crippen LogP contribution in [0.25, 0.3) is 10.9 Å². The van der Waals surface area contributed by atoms with Crippen molar-refractivity contribution in [3.05, 3.63) is 71.1 Å². The highest BCUT2D eigenvalue weighted by molar-refractivity contribution is 6.31. The van der Waals surface area contributed by atoms with Gasteiger partial charge in [-0.25, -0.2) is 0 Å². The number of para-hydroxylation sites is 1. The highest BCUT2D eigenvalue weighted by atomic mass is 35.5. The molecular weight excluding hydrogens is 282 g/mol. The minimum absolute atomic E-state index is 0.705. The number of fused-ring (bicyclic) bond motifs is 1. The monoisotopic (exact) mass is 297 g/mol. The molecule has 1 N–H and O–H groups in total. The van der Waals surface area contributed by atoms with Crippen molar-refractivity contribution in [1.82, 2.24) is 15.3 Å². The number of hydrogen-bond acceptors (Lipinski definition) is 3. The molecule has 2 heterocycles. The molecule has 3 rings (SSSR count). The van der Waals surface area contributed by atoms with E-state index < -0.39 is 0 Å². The highest BCUT2D eigenvalue weighted by Gasteiger charge is 2.02. The Morgan fingerprint density at radius 3 is 2.81 bits per heavy atom. The van der Waals surface area contributed by atoms with Gasteiger partial charge in [-0.3, -0.25) is 9.97 Å². The lowest BCUT2D eigenvalue weighted by atomic mass is 10.1. The summed E-state index contributed by atoms with van der Waals surface area (Å²) in [7, 11) is 0. The third kappa shape index (κ3) is 3.38. The predicted molar refractivity (Wildman–Crippen MR) is 86.4 cm³/mol. The van der Waals surface area contributed by atoms with E-state index in [9.17, 15) is 0 Å². The number of rotatable bonds is 5. The Morgan fingerprint density at radius 2 is 1.90 bits per heavy atom. The summed E-state index contributed by atoms with van der Waals surface area (Å²) >= 11 is 6.09. The summed E-state index contributed by atoms with van der Waals surface area (Å²) < 4.78 is 0. The van der Waals surface area contributed by atoms with Crippen molar-refractivity contribution in [3.8, 4) is 0 Å². The van der Waals surface area contributed by atoms with Crippen molar-refractivity contribution in [2.24, 2.45) is 0 Å². The van der Waals surface area contributed by atoms with E-state index in [2.05, 4.69) is 39.6 Å². The van der Waals surface area contributed by atoms with Crippen molar-refractivity contribution in [1.29, 1.82) is 0 Å². The molecule has 0 aliphatic carbocycles. The molecule has 0 fully saturated rings. The first-order chi connectivity index (χ1) is 10.3. The van der Waals surface area contributed by atoms with Crippen LogP contribution in [0.3, 0.4) is 0 Å². The van der Waals surface area contributed by atoms with Gasteiger partial charge in [0.15, 0.2) is 0 Å². The minimum atomic E-state index is 0.705. The van der Waals surface area contributed by atoms with E-state index in [0.717, 1.165) is 30.6 Å². The zero-order valence-corrected chi connectivity index (χ0v) is 12.3. The summed E-state index contributed by atoms with van der Waals surface area (Å²) in [6.45, 7) is 1.63. The number of halogens is 1. The summed E-state index contributed by atoms with van der Waals surface area (Å²) in [5.74, 6) is 0. The van der Waals surface area contributed by atoms with Gasteiger partial charge < -0.3 is 5.32 Å². The number of benzene rings is 1. The van der Waals surface area contributed by atoms with Crippen LogP contribution in [0.4, 0.5) is 0 Å². The second-order valence-corrected chi connectivity index (χ2v) is 5.29. The lowest BCUT2D eigenvalue weighted by molar-refractivity contribution is 0.687. The highest BCUT2D eigenvalue weighted by Crippen LogP contribution is 2.16. The Kier molecular flexibility index (Phi) is 4.43. The fourth-order valence-corrected chi connectivity index (χ4v) is 2.55. The Morgan fingerprint density at radius 1 is 1.00 bits per heavy atom. The molecule has 0 aliphatic rings. The molecule has 0 bridgehead atoms. The van der Waals surface area contributed by atoms with Gasteiger partial charge in [-0.1, -0.05) is 35.9 Å². The van der Waals surface area contributed by atoms with Gasteiger partial charge in [0.05, 0.1) is 10.5 Å².